The molecule has 5 heteroatoms. The third-order valence-corrected chi connectivity index (χ3v) is 4.40. The smallest absolute Gasteiger partial charge is 0.185 e. The molecule has 0 saturated carbocycles. The SMILES string of the molecule is Cc1c(Cl)cc(Br)c(-c2ccc(C=O)o2)c1Br. The molecule has 0 aliphatic carbocycles. The van der Waals surface area contributed by atoms with Crippen molar-refractivity contribution in [2.24, 2.45) is 0 Å². The Kier molecular flexibility index (Phi) is 3.76. The summed E-state index contributed by atoms with van der Waals surface area (Å²) in [6.07, 6.45) is 0.675. The number of hydrogen-bond acceptors (Lipinski definition) is 2. The number of rotatable bonds is 2. The standard InChI is InChI=1S/C12H7Br2ClO2/c1-6-9(15)4-8(13)11(12(6)14)10-3-2-7(5-16)17-10/h2-5H,1H3. The summed E-state index contributed by atoms with van der Waals surface area (Å²) in [5, 5.41) is 0.662. The highest BCUT2D eigenvalue weighted by molar-refractivity contribution is 9.11. The van der Waals surface area contributed by atoms with E-state index in [1.807, 2.05) is 6.92 Å². The molecule has 1 aromatic carbocycles. The van der Waals surface area contributed by atoms with E-state index < -0.39 is 0 Å². The van der Waals surface area contributed by atoms with Crippen molar-refractivity contribution < 1.29 is 9.21 Å². The van der Waals surface area contributed by atoms with E-state index in [2.05, 4.69) is 31.9 Å². The molecule has 2 nitrogen and oxygen atoms in total. The first-order chi connectivity index (χ1) is 8.04. The van der Waals surface area contributed by atoms with E-state index in [4.69, 9.17) is 16.0 Å². The average molecular weight is 378 g/mol. The highest BCUT2D eigenvalue weighted by Gasteiger charge is 2.16. The van der Waals surface area contributed by atoms with Gasteiger partial charge in [-0.3, -0.25) is 4.79 Å². The molecule has 88 valence electrons. The minimum Gasteiger partial charge on any atom is -0.453 e. The van der Waals surface area contributed by atoms with E-state index in [1.54, 1.807) is 18.2 Å². The molecule has 0 bridgehead atoms. The first kappa shape index (κ1) is 12.9. The lowest BCUT2D eigenvalue weighted by atomic mass is 10.1. The Bertz CT molecular complexity index is 590. The van der Waals surface area contributed by atoms with E-state index in [0.29, 0.717) is 22.8 Å². The Morgan fingerprint density at radius 3 is 2.65 bits per heavy atom. The molecular formula is C12H7Br2ClO2. The fourth-order valence-electron chi connectivity index (χ4n) is 1.47. The fraction of sp³-hybridized carbons (Fsp3) is 0.0833. The van der Waals surface area contributed by atoms with Crippen LogP contribution >= 0.6 is 43.5 Å². The number of carbonyl (C=O) groups excluding carboxylic acids is 1. The summed E-state index contributed by atoms with van der Waals surface area (Å²) < 4.78 is 7.07. The average Bonchev–Trinajstić information content (AvgIpc) is 2.74. The molecule has 0 N–H and O–H groups in total. The summed E-state index contributed by atoms with van der Waals surface area (Å²) in [4.78, 5) is 10.6. The van der Waals surface area contributed by atoms with Crippen LogP contribution in [0.2, 0.25) is 5.02 Å². The van der Waals surface area contributed by atoms with Gasteiger partial charge in [-0.1, -0.05) is 11.6 Å². The van der Waals surface area contributed by atoms with Gasteiger partial charge in [-0.25, -0.2) is 0 Å². The maximum absolute atomic E-state index is 10.6. The fourth-order valence-corrected chi connectivity index (χ4v) is 3.43. The molecule has 17 heavy (non-hydrogen) atoms. The van der Waals surface area contributed by atoms with E-state index in [-0.39, 0.29) is 0 Å². The van der Waals surface area contributed by atoms with Crippen LogP contribution in [0.15, 0.2) is 31.6 Å². The van der Waals surface area contributed by atoms with Crippen LogP contribution in [0.3, 0.4) is 0 Å². The maximum atomic E-state index is 10.6. The molecule has 1 heterocycles. The van der Waals surface area contributed by atoms with Gasteiger partial charge in [0.15, 0.2) is 12.0 Å². The minimum absolute atomic E-state index is 0.298. The summed E-state index contributed by atoms with van der Waals surface area (Å²) in [6, 6.07) is 5.19. The van der Waals surface area contributed by atoms with Crippen LogP contribution in [0, 0.1) is 6.92 Å². The Hall–Kier alpha value is -0.580. The molecule has 0 aliphatic rings. The van der Waals surface area contributed by atoms with Gasteiger partial charge in [0.05, 0.1) is 0 Å². The second kappa shape index (κ2) is 4.96. The van der Waals surface area contributed by atoms with Crippen molar-refractivity contribution >= 4 is 49.7 Å². The Morgan fingerprint density at radius 1 is 1.35 bits per heavy atom. The van der Waals surface area contributed by atoms with Gasteiger partial charge in [-0.05, 0) is 62.5 Å². The van der Waals surface area contributed by atoms with Crippen molar-refractivity contribution in [3.63, 3.8) is 0 Å². The van der Waals surface area contributed by atoms with Crippen LogP contribution in [0.25, 0.3) is 11.3 Å². The predicted octanol–water partition coefficient (Wildman–Crippen LogP) is 5.25. The first-order valence-corrected chi connectivity index (χ1v) is 6.70. The normalized spacial score (nSPS) is 10.6. The molecule has 0 saturated heterocycles. The zero-order valence-corrected chi connectivity index (χ0v) is 12.7. The predicted molar refractivity (Wildman–Crippen MR) is 74.7 cm³/mol. The number of carbonyl (C=O) groups is 1. The number of halogens is 3. The zero-order valence-electron chi connectivity index (χ0n) is 8.76. The maximum Gasteiger partial charge on any atom is 0.185 e. The topological polar surface area (TPSA) is 30.2 Å². The second-order valence-corrected chi connectivity index (χ2v) is 5.53. The number of hydrogen-bond donors (Lipinski definition) is 0. The molecule has 0 fully saturated rings. The summed E-state index contributed by atoms with van der Waals surface area (Å²) in [5.74, 6) is 0.914. The van der Waals surface area contributed by atoms with Gasteiger partial charge in [0.25, 0.3) is 0 Å². The summed E-state index contributed by atoms with van der Waals surface area (Å²) >= 11 is 13.0. The number of aldehydes is 1. The van der Waals surface area contributed by atoms with Crippen LogP contribution in [-0.2, 0) is 0 Å². The van der Waals surface area contributed by atoms with Gasteiger partial charge in [0.2, 0.25) is 0 Å². The van der Waals surface area contributed by atoms with Crippen molar-refractivity contribution in [1.29, 1.82) is 0 Å². The van der Waals surface area contributed by atoms with Gasteiger partial charge in [-0.2, -0.15) is 0 Å². The largest absolute Gasteiger partial charge is 0.453 e. The van der Waals surface area contributed by atoms with Crippen molar-refractivity contribution in [2.75, 3.05) is 0 Å². The Labute approximate surface area is 120 Å². The Morgan fingerprint density at radius 2 is 2.06 bits per heavy atom. The lowest BCUT2D eigenvalue weighted by Crippen LogP contribution is -1.86. The molecule has 1 aromatic heterocycles. The minimum atomic E-state index is 0.298. The van der Waals surface area contributed by atoms with Gasteiger partial charge < -0.3 is 4.42 Å². The van der Waals surface area contributed by atoms with Crippen molar-refractivity contribution in [1.82, 2.24) is 0 Å². The lowest BCUT2D eigenvalue weighted by molar-refractivity contribution is 0.110. The van der Waals surface area contributed by atoms with E-state index in [9.17, 15) is 4.79 Å². The number of furan rings is 1. The van der Waals surface area contributed by atoms with Gasteiger partial charge >= 0.3 is 0 Å². The Balaban J connectivity index is 2.66. The molecule has 2 rings (SSSR count). The van der Waals surface area contributed by atoms with Crippen LogP contribution in [0.1, 0.15) is 16.1 Å². The molecule has 2 aromatic rings. The van der Waals surface area contributed by atoms with Crippen LogP contribution in [0.5, 0.6) is 0 Å². The number of benzene rings is 1. The van der Waals surface area contributed by atoms with Crippen LogP contribution < -0.4 is 0 Å². The second-order valence-electron chi connectivity index (χ2n) is 3.47. The molecule has 0 aliphatic heterocycles. The van der Waals surface area contributed by atoms with Crippen molar-refractivity contribution in [3.8, 4) is 11.3 Å². The highest BCUT2D eigenvalue weighted by atomic mass is 79.9. The van der Waals surface area contributed by atoms with Crippen LogP contribution in [0.4, 0.5) is 0 Å². The zero-order chi connectivity index (χ0) is 12.6. The summed E-state index contributed by atoms with van der Waals surface area (Å²) in [7, 11) is 0. The lowest BCUT2D eigenvalue weighted by Gasteiger charge is -2.09. The molecule has 0 radical (unpaired) electrons. The monoisotopic (exact) mass is 376 g/mol. The summed E-state index contributed by atoms with van der Waals surface area (Å²) in [5.41, 5.74) is 1.77. The van der Waals surface area contributed by atoms with Crippen LogP contribution in [-0.4, -0.2) is 6.29 Å². The van der Waals surface area contributed by atoms with Crippen molar-refractivity contribution in [2.45, 2.75) is 6.92 Å². The third-order valence-electron chi connectivity index (χ3n) is 2.39. The van der Waals surface area contributed by atoms with Gasteiger partial charge in [0.1, 0.15) is 5.76 Å². The highest BCUT2D eigenvalue weighted by Crippen LogP contribution is 2.40. The summed E-state index contributed by atoms with van der Waals surface area (Å²) in [6.45, 7) is 1.91. The van der Waals surface area contributed by atoms with E-state index in [1.165, 1.54) is 0 Å². The van der Waals surface area contributed by atoms with E-state index in [0.717, 1.165) is 20.1 Å². The van der Waals surface area contributed by atoms with Gasteiger partial charge in [-0.15, -0.1) is 0 Å². The third kappa shape index (κ3) is 2.34. The van der Waals surface area contributed by atoms with E-state index >= 15 is 0 Å². The molecule has 0 spiro atoms. The first-order valence-electron chi connectivity index (χ1n) is 4.74. The molecule has 0 amide bonds. The van der Waals surface area contributed by atoms with Gasteiger partial charge in [0, 0.05) is 19.5 Å². The molecular weight excluding hydrogens is 371 g/mol. The quantitative estimate of drug-likeness (QED) is 0.669. The molecule has 0 unspecified atom stereocenters. The van der Waals surface area contributed by atoms with Crippen molar-refractivity contribution in [3.05, 3.63) is 43.5 Å². The molecule has 0 atom stereocenters.